The molecule has 0 fully saturated rings. The first-order valence-electron chi connectivity index (χ1n) is 8.09. The second kappa shape index (κ2) is 7.57. The fraction of sp³-hybridized carbons (Fsp3) is 0.100. The van der Waals surface area contributed by atoms with E-state index in [1.807, 2.05) is 43.3 Å². The lowest BCUT2D eigenvalue weighted by Crippen LogP contribution is -2.27. The SMILES string of the molecule is CC(/C=N\NC(=O)c1nn(C)c(=O)c2ccccc12)=C\c1ccccc1. The van der Waals surface area contributed by atoms with Gasteiger partial charge in [-0.25, -0.2) is 10.1 Å². The van der Waals surface area contributed by atoms with E-state index in [2.05, 4.69) is 15.6 Å². The number of rotatable bonds is 4. The van der Waals surface area contributed by atoms with Gasteiger partial charge in [0.2, 0.25) is 0 Å². The summed E-state index contributed by atoms with van der Waals surface area (Å²) in [5.41, 5.74) is 4.31. The Hall–Kier alpha value is -3.54. The van der Waals surface area contributed by atoms with Crippen molar-refractivity contribution in [2.24, 2.45) is 12.1 Å². The zero-order valence-electron chi connectivity index (χ0n) is 14.5. The van der Waals surface area contributed by atoms with Gasteiger partial charge in [-0.15, -0.1) is 0 Å². The summed E-state index contributed by atoms with van der Waals surface area (Å²) in [7, 11) is 1.52. The number of hydrogen-bond acceptors (Lipinski definition) is 4. The van der Waals surface area contributed by atoms with Gasteiger partial charge in [-0.2, -0.15) is 10.2 Å². The molecule has 0 unspecified atom stereocenters. The van der Waals surface area contributed by atoms with E-state index in [1.54, 1.807) is 30.5 Å². The summed E-state index contributed by atoms with van der Waals surface area (Å²) in [6.45, 7) is 1.89. The van der Waals surface area contributed by atoms with E-state index in [9.17, 15) is 9.59 Å². The fourth-order valence-electron chi connectivity index (χ4n) is 2.56. The maximum atomic E-state index is 12.4. The van der Waals surface area contributed by atoms with Gasteiger partial charge in [-0.05, 0) is 24.1 Å². The van der Waals surface area contributed by atoms with Crippen molar-refractivity contribution in [3.05, 3.63) is 81.8 Å². The molecule has 0 aliphatic carbocycles. The summed E-state index contributed by atoms with van der Waals surface area (Å²) in [6.07, 6.45) is 3.52. The summed E-state index contributed by atoms with van der Waals surface area (Å²) >= 11 is 0. The number of benzene rings is 2. The van der Waals surface area contributed by atoms with Crippen molar-refractivity contribution in [3.8, 4) is 0 Å². The van der Waals surface area contributed by atoms with Crippen LogP contribution in [0.4, 0.5) is 0 Å². The molecule has 0 aliphatic rings. The van der Waals surface area contributed by atoms with E-state index in [-0.39, 0.29) is 11.3 Å². The highest BCUT2D eigenvalue weighted by Gasteiger charge is 2.14. The molecule has 130 valence electrons. The number of nitrogens with zero attached hydrogens (tertiary/aromatic N) is 3. The van der Waals surface area contributed by atoms with Crippen LogP contribution in [0.1, 0.15) is 23.0 Å². The van der Waals surface area contributed by atoms with Gasteiger partial charge >= 0.3 is 0 Å². The van der Waals surface area contributed by atoms with Crippen LogP contribution in [0.25, 0.3) is 16.8 Å². The molecule has 6 heteroatoms. The predicted octanol–water partition coefficient (Wildman–Crippen LogP) is 2.75. The average Bonchev–Trinajstić information content (AvgIpc) is 2.65. The summed E-state index contributed by atoms with van der Waals surface area (Å²) in [4.78, 5) is 24.6. The minimum atomic E-state index is -0.472. The van der Waals surface area contributed by atoms with Gasteiger partial charge in [0.15, 0.2) is 5.69 Å². The second-order valence-electron chi connectivity index (χ2n) is 5.82. The maximum Gasteiger partial charge on any atom is 0.292 e. The molecule has 1 N–H and O–H groups in total. The number of amides is 1. The molecule has 0 spiro atoms. The lowest BCUT2D eigenvalue weighted by atomic mass is 10.1. The smallest absolute Gasteiger partial charge is 0.267 e. The van der Waals surface area contributed by atoms with E-state index >= 15 is 0 Å². The van der Waals surface area contributed by atoms with E-state index in [0.717, 1.165) is 15.8 Å². The summed E-state index contributed by atoms with van der Waals surface area (Å²) in [6, 6.07) is 16.7. The molecule has 0 saturated carbocycles. The number of carbonyl (C=O) groups is 1. The summed E-state index contributed by atoms with van der Waals surface area (Å²) in [5.74, 6) is -0.472. The van der Waals surface area contributed by atoms with Crippen molar-refractivity contribution < 1.29 is 4.79 Å². The highest BCUT2D eigenvalue weighted by atomic mass is 16.2. The lowest BCUT2D eigenvalue weighted by molar-refractivity contribution is 0.0950. The van der Waals surface area contributed by atoms with Crippen LogP contribution < -0.4 is 11.0 Å². The Morgan fingerprint density at radius 3 is 2.46 bits per heavy atom. The highest BCUT2D eigenvalue weighted by molar-refractivity contribution is 6.05. The maximum absolute atomic E-state index is 12.4. The van der Waals surface area contributed by atoms with Crippen LogP contribution in [0, 0.1) is 0 Å². The largest absolute Gasteiger partial charge is 0.292 e. The number of aromatic nitrogens is 2. The van der Waals surface area contributed by atoms with Gasteiger partial charge in [0.1, 0.15) is 0 Å². The quantitative estimate of drug-likeness (QED) is 0.583. The molecule has 0 aliphatic heterocycles. The Bertz CT molecular complexity index is 1070. The van der Waals surface area contributed by atoms with Crippen molar-refractivity contribution >= 4 is 29.0 Å². The molecule has 26 heavy (non-hydrogen) atoms. The summed E-state index contributed by atoms with van der Waals surface area (Å²) in [5, 5.41) is 9.00. The number of fused-ring (bicyclic) bond motifs is 1. The molecule has 1 amide bonds. The first-order chi connectivity index (χ1) is 12.6. The Labute approximate surface area is 150 Å². The third kappa shape index (κ3) is 3.75. The van der Waals surface area contributed by atoms with E-state index < -0.39 is 5.91 Å². The fourth-order valence-corrected chi connectivity index (χ4v) is 2.56. The normalized spacial score (nSPS) is 11.8. The number of hydrogen-bond donors (Lipinski definition) is 1. The van der Waals surface area contributed by atoms with Gasteiger partial charge in [-0.3, -0.25) is 9.59 Å². The first-order valence-corrected chi connectivity index (χ1v) is 8.09. The van der Waals surface area contributed by atoms with Crippen LogP contribution in [-0.2, 0) is 7.05 Å². The molecular weight excluding hydrogens is 328 g/mol. The number of nitrogens with one attached hydrogen (secondary N) is 1. The van der Waals surface area contributed by atoms with Crippen LogP contribution in [0.5, 0.6) is 0 Å². The molecule has 2 aromatic carbocycles. The molecule has 3 rings (SSSR count). The number of hydrazone groups is 1. The standard InChI is InChI=1S/C20H18N4O2/c1-14(12-15-8-4-3-5-9-15)13-21-22-19(25)18-16-10-6-7-11-17(16)20(26)24(2)23-18/h3-13H,1-2H3,(H,22,25)/b14-12+,21-13-. The Balaban J connectivity index is 1.81. The zero-order chi connectivity index (χ0) is 18.5. The molecule has 1 aromatic heterocycles. The molecule has 0 bridgehead atoms. The van der Waals surface area contributed by atoms with E-state index in [1.165, 1.54) is 7.05 Å². The average molecular weight is 346 g/mol. The van der Waals surface area contributed by atoms with Crippen LogP contribution in [0.3, 0.4) is 0 Å². The summed E-state index contributed by atoms with van der Waals surface area (Å²) < 4.78 is 1.15. The highest BCUT2D eigenvalue weighted by Crippen LogP contribution is 2.12. The van der Waals surface area contributed by atoms with Crippen LogP contribution >= 0.6 is 0 Å². The van der Waals surface area contributed by atoms with Crippen molar-refractivity contribution in [2.45, 2.75) is 6.92 Å². The molecular formula is C20H18N4O2. The molecule has 3 aromatic rings. The van der Waals surface area contributed by atoms with Crippen molar-refractivity contribution in [1.82, 2.24) is 15.2 Å². The van der Waals surface area contributed by atoms with Crippen LogP contribution in [0.2, 0.25) is 0 Å². The monoisotopic (exact) mass is 346 g/mol. The Morgan fingerprint density at radius 2 is 1.73 bits per heavy atom. The number of allylic oxidation sites excluding steroid dienone is 1. The van der Waals surface area contributed by atoms with Gasteiger partial charge in [0, 0.05) is 12.4 Å². The van der Waals surface area contributed by atoms with Crippen molar-refractivity contribution in [2.75, 3.05) is 0 Å². The lowest BCUT2D eigenvalue weighted by Gasteiger charge is -2.06. The minimum absolute atomic E-state index is 0.157. The number of carbonyl (C=O) groups excluding carboxylic acids is 1. The predicted molar refractivity (Wildman–Crippen MR) is 103 cm³/mol. The molecule has 0 atom stereocenters. The van der Waals surface area contributed by atoms with Gasteiger partial charge in [0.25, 0.3) is 11.5 Å². The van der Waals surface area contributed by atoms with Crippen LogP contribution in [-0.4, -0.2) is 21.9 Å². The molecule has 0 saturated heterocycles. The Morgan fingerprint density at radius 1 is 1.08 bits per heavy atom. The van der Waals surface area contributed by atoms with Gasteiger partial charge in [0.05, 0.1) is 11.6 Å². The van der Waals surface area contributed by atoms with Gasteiger partial charge < -0.3 is 0 Å². The third-order valence-corrected chi connectivity index (χ3v) is 3.80. The molecule has 1 heterocycles. The third-order valence-electron chi connectivity index (χ3n) is 3.80. The second-order valence-corrected chi connectivity index (χ2v) is 5.82. The van der Waals surface area contributed by atoms with Crippen LogP contribution in [0.15, 0.2) is 70.1 Å². The Kier molecular flexibility index (Phi) is 5.03. The van der Waals surface area contributed by atoms with Crippen molar-refractivity contribution in [1.29, 1.82) is 0 Å². The van der Waals surface area contributed by atoms with E-state index in [4.69, 9.17) is 0 Å². The molecule has 6 nitrogen and oxygen atoms in total. The first kappa shape index (κ1) is 17.3. The topological polar surface area (TPSA) is 76.3 Å². The molecule has 0 radical (unpaired) electrons. The zero-order valence-corrected chi connectivity index (χ0v) is 14.5. The van der Waals surface area contributed by atoms with Gasteiger partial charge in [-0.1, -0.05) is 54.6 Å². The van der Waals surface area contributed by atoms with Crippen molar-refractivity contribution in [3.63, 3.8) is 0 Å². The number of aryl methyl sites for hydroxylation is 1. The van der Waals surface area contributed by atoms with E-state index in [0.29, 0.717) is 10.8 Å². The minimum Gasteiger partial charge on any atom is -0.267 e.